The molecule has 0 saturated carbocycles. The highest BCUT2D eigenvalue weighted by Crippen LogP contribution is 2.24. The molecule has 1 unspecified atom stereocenters. The predicted molar refractivity (Wildman–Crippen MR) is 143 cm³/mol. The number of aromatic nitrogens is 2. The van der Waals surface area contributed by atoms with E-state index in [0.717, 1.165) is 54.0 Å². The molecule has 2 aromatic carbocycles. The highest BCUT2D eigenvalue weighted by atomic mass is 16.5. The molecule has 4 rings (SSSR count). The number of fused-ring (bicyclic) bond motifs is 1. The summed E-state index contributed by atoms with van der Waals surface area (Å²) in [6.45, 7) is 4.48. The van der Waals surface area contributed by atoms with E-state index in [4.69, 9.17) is 20.9 Å². The number of anilines is 1. The van der Waals surface area contributed by atoms with E-state index in [0.29, 0.717) is 25.3 Å². The van der Waals surface area contributed by atoms with Gasteiger partial charge in [0.1, 0.15) is 17.7 Å². The second kappa shape index (κ2) is 11.9. The number of aryl methyl sites for hydroxylation is 1. The van der Waals surface area contributed by atoms with E-state index in [2.05, 4.69) is 10.6 Å². The van der Waals surface area contributed by atoms with E-state index in [1.54, 1.807) is 19.1 Å². The van der Waals surface area contributed by atoms with Crippen LogP contribution in [-0.4, -0.2) is 58.4 Å². The van der Waals surface area contributed by atoms with Gasteiger partial charge in [-0.1, -0.05) is 6.07 Å². The zero-order valence-corrected chi connectivity index (χ0v) is 21.4. The van der Waals surface area contributed by atoms with Gasteiger partial charge in [-0.05, 0) is 61.7 Å². The number of amidine groups is 1. The summed E-state index contributed by atoms with van der Waals surface area (Å²) in [5.41, 5.74) is 9.70. The largest absolute Gasteiger partial charge is 0.466 e. The molecular weight excluding hydrogens is 470 g/mol. The first-order valence-corrected chi connectivity index (χ1v) is 12.7. The molecule has 5 N–H and O–H groups in total. The van der Waals surface area contributed by atoms with Gasteiger partial charge in [0, 0.05) is 37.9 Å². The third-order valence-corrected chi connectivity index (χ3v) is 6.62. The topological polar surface area (TPSA) is 138 Å². The molecule has 0 aliphatic carbocycles. The zero-order valence-electron chi connectivity index (χ0n) is 21.4. The van der Waals surface area contributed by atoms with E-state index < -0.39 is 6.04 Å². The number of carbonyl (C=O) groups is 2. The molecule has 0 bridgehead atoms. The molecule has 10 nitrogen and oxygen atoms in total. The van der Waals surface area contributed by atoms with Gasteiger partial charge in [-0.15, -0.1) is 0 Å². The smallest absolute Gasteiger partial charge is 0.307 e. The minimum atomic E-state index is -0.555. The van der Waals surface area contributed by atoms with Crippen molar-refractivity contribution in [2.75, 3.05) is 31.6 Å². The van der Waals surface area contributed by atoms with Crippen LogP contribution in [0.4, 0.5) is 5.69 Å². The molecule has 0 radical (unpaired) electrons. The van der Waals surface area contributed by atoms with E-state index in [1.165, 1.54) is 0 Å². The van der Waals surface area contributed by atoms with Gasteiger partial charge in [-0.25, -0.2) is 4.98 Å². The van der Waals surface area contributed by atoms with Gasteiger partial charge in [-0.2, -0.15) is 0 Å². The number of imidazole rings is 1. The van der Waals surface area contributed by atoms with E-state index >= 15 is 0 Å². The molecule has 37 heavy (non-hydrogen) atoms. The molecule has 10 heteroatoms. The van der Waals surface area contributed by atoms with Crippen LogP contribution in [0.25, 0.3) is 11.0 Å². The van der Waals surface area contributed by atoms with Crippen LogP contribution >= 0.6 is 0 Å². The van der Waals surface area contributed by atoms with Crippen molar-refractivity contribution in [3.63, 3.8) is 0 Å². The first kappa shape index (κ1) is 26.2. The molecule has 1 fully saturated rings. The number of amides is 1. The predicted octanol–water partition coefficient (Wildman–Crippen LogP) is 2.68. The first-order valence-electron chi connectivity index (χ1n) is 12.7. The van der Waals surface area contributed by atoms with E-state index in [1.807, 2.05) is 46.8 Å². The Hall–Kier alpha value is -3.92. The fraction of sp³-hybridized carbons (Fsp3) is 0.407. The van der Waals surface area contributed by atoms with Gasteiger partial charge in [0.15, 0.2) is 0 Å². The number of ether oxygens (including phenoxy) is 1. The Balaban J connectivity index is 1.51. The molecular formula is C27H35N7O3. The summed E-state index contributed by atoms with van der Waals surface area (Å²) in [7, 11) is 1.97. The number of nitrogens with one attached hydrogen (secondary N) is 3. The number of nitrogens with two attached hydrogens (primary N) is 1. The monoisotopic (exact) mass is 505 g/mol. The molecule has 0 spiro atoms. The minimum Gasteiger partial charge on any atom is -0.466 e. The Bertz CT molecular complexity index is 1260. The minimum absolute atomic E-state index is 0.0209. The zero-order chi connectivity index (χ0) is 26.4. The second-order valence-corrected chi connectivity index (χ2v) is 9.15. The number of hydrogen-bond acceptors (Lipinski definition) is 7. The normalized spacial score (nSPS) is 14.1. The summed E-state index contributed by atoms with van der Waals surface area (Å²) in [6, 6.07) is 12.7. The Morgan fingerprint density at radius 1 is 1.16 bits per heavy atom. The van der Waals surface area contributed by atoms with Crippen LogP contribution in [0.5, 0.6) is 0 Å². The number of nitrogens with zero attached hydrogens (tertiary/aromatic N) is 3. The molecule has 1 aromatic heterocycles. The maximum Gasteiger partial charge on any atom is 0.307 e. The molecule has 1 saturated heterocycles. The van der Waals surface area contributed by atoms with Crippen molar-refractivity contribution >= 4 is 34.4 Å². The van der Waals surface area contributed by atoms with Gasteiger partial charge in [0.2, 0.25) is 5.91 Å². The SMILES string of the molecule is CCOC(=O)CCNC(C(=O)N1CCCC1)c1ccc2c(c1)nc(CNc1ccc(C(=N)N)cc1)n2C. The van der Waals surface area contributed by atoms with Gasteiger partial charge in [-0.3, -0.25) is 15.0 Å². The highest BCUT2D eigenvalue weighted by Gasteiger charge is 2.28. The lowest BCUT2D eigenvalue weighted by Crippen LogP contribution is -2.40. The van der Waals surface area contributed by atoms with Crippen LogP contribution in [0.3, 0.4) is 0 Å². The number of nitrogen functional groups attached to an aromatic ring is 1. The van der Waals surface area contributed by atoms with Crippen LogP contribution in [0.2, 0.25) is 0 Å². The first-order chi connectivity index (χ1) is 17.9. The van der Waals surface area contributed by atoms with Crippen molar-refractivity contribution in [1.82, 2.24) is 19.8 Å². The number of carbonyl (C=O) groups excluding carboxylic acids is 2. The molecule has 3 aromatic rings. The lowest BCUT2D eigenvalue weighted by atomic mass is 10.0. The third kappa shape index (κ3) is 6.26. The van der Waals surface area contributed by atoms with Crippen LogP contribution in [-0.2, 0) is 27.9 Å². The Labute approximate surface area is 216 Å². The van der Waals surface area contributed by atoms with Crippen molar-refractivity contribution in [2.45, 2.75) is 38.8 Å². The molecule has 1 aliphatic rings. The summed E-state index contributed by atoms with van der Waals surface area (Å²) >= 11 is 0. The lowest BCUT2D eigenvalue weighted by molar-refractivity contribution is -0.143. The molecule has 1 amide bonds. The van der Waals surface area contributed by atoms with Crippen LogP contribution in [0.15, 0.2) is 42.5 Å². The third-order valence-electron chi connectivity index (χ3n) is 6.62. The lowest BCUT2D eigenvalue weighted by Gasteiger charge is -2.24. The van der Waals surface area contributed by atoms with Crippen LogP contribution < -0.4 is 16.4 Å². The maximum atomic E-state index is 13.4. The van der Waals surface area contributed by atoms with Crippen LogP contribution in [0, 0.1) is 5.41 Å². The van der Waals surface area contributed by atoms with E-state index in [-0.39, 0.29) is 24.1 Å². The van der Waals surface area contributed by atoms with Crippen molar-refractivity contribution in [3.05, 3.63) is 59.4 Å². The number of rotatable bonds is 11. The van der Waals surface area contributed by atoms with Crippen molar-refractivity contribution in [1.29, 1.82) is 5.41 Å². The van der Waals surface area contributed by atoms with Crippen molar-refractivity contribution in [3.8, 4) is 0 Å². The number of esters is 1. The fourth-order valence-corrected chi connectivity index (χ4v) is 4.57. The van der Waals surface area contributed by atoms with Gasteiger partial charge >= 0.3 is 5.97 Å². The summed E-state index contributed by atoms with van der Waals surface area (Å²) in [6.07, 6.45) is 2.22. The summed E-state index contributed by atoms with van der Waals surface area (Å²) in [4.78, 5) is 31.9. The average Bonchev–Trinajstić information content (AvgIpc) is 3.54. The standard InChI is InChI=1S/C27H35N7O3/c1-3-37-24(35)12-13-30-25(27(36)34-14-4-5-15-34)19-8-11-22-21(16-19)32-23(33(22)2)17-31-20-9-6-18(7-10-20)26(28)29/h6-11,16,25,30-31H,3-5,12-15,17H2,1-2H3,(H3,28,29). The number of likely N-dealkylation sites (tertiary alicyclic amines) is 1. The quantitative estimate of drug-likeness (QED) is 0.179. The molecule has 1 aliphatic heterocycles. The Morgan fingerprint density at radius 3 is 2.57 bits per heavy atom. The van der Waals surface area contributed by atoms with Gasteiger partial charge in [0.25, 0.3) is 0 Å². The van der Waals surface area contributed by atoms with Crippen molar-refractivity contribution < 1.29 is 14.3 Å². The summed E-state index contributed by atoms with van der Waals surface area (Å²) in [5, 5.41) is 14.2. The van der Waals surface area contributed by atoms with Gasteiger partial charge in [0.05, 0.1) is 30.6 Å². The Morgan fingerprint density at radius 2 is 1.89 bits per heavy atom. The number of benzene rings is 2. The average molecular weight is 506 g/mol. The van der Waals surface area contributed by atoms with Crippen molar-refractivity contribution in [2.24, 2.45) is 12.8 Å². The summed E-state index contributed by atoms with van der Waals surface area (Å²) in [5.74, 6) is 0.623. The summed E-state index contributed by atoms with van der Waals surface area (Å²) < 4.78 is 7.06. The maximum absolute atomic E-state index is 13.4. The number of hydrogen-bond donors (Lipinski definition) is 4. The highest BCUT2D eigenvalue weighted by molar-refractivity contribution is 5.95. The molecule has 1 atom stereocenters. The molecule has 196 valence electrons. The molecule has 2 heterocycles. The van der Waals surface area contributed by atoms with Gasteiger partial charge < -0.3 is 30.6 Å². The van der Waals surface area contributed by atoms with Crippen LogP contribution in [0.1, 0.15) is 49.2 Å². The Kier molecular flexibility index (Phi) is 8.39. The fourth-order valence-electron chi connectivity index (χ4n) is 4.57. The van der Waals surface area contributed by atoms with E-state index in [9.17, 15) is 9.59 Å². The second-order valence-electron chi connectivity index (χ2n) is 9.15.